The molecular formula is C9H8O3STe. The van der Waals surface area contributed by atoms with Crippen molar-refractivity contribution in [3.8, 4) is 0 Å². The van der Waals surface area contributed by atoms with Crippen LogP contribution in [-0.4, -0.2) is 36.0 Å². The average Bonchev–Trinajstić information content (AvgIpc) is 2.64. The molecule has 0 aliphatic carbocycles. The maximum atomic E-state index is 11.4. The molecule has 2 rings (SSSR count). The molecule has 5 heteroatoms. The maximum absolute atomic E-state index is 11.4. The van der Waals surface area contributed by atoms with Gasteiger partial charge in [0.2, 0.25) is 0 Å². The Morgan fingerprint density at radius 2 is 2.07 bits per heavy atom. The second kappa shape index (κ2) is 3.67. The van der Waals surface area contributed by atoms with Crippen LogP contribution in [0.2, 0.25) is 0 Å². The van der Waals surface area contributed by atoms with E-state index >= 15 is 0 Å². The van der Waals surface area contributed by atoms with Crippen LogP contribution in [0.3, 0.4) is 0 Å². The van der Waals surface area contributed by atoms with Crippen molar-refractivity contribution in [1.82, 2.24) is 0 Å². The van der Waals surface area contributed by atoms with Gasteiger partial charge in [-0.05, 0) is 0 Å². The molecule has 1 heterocycles. The molecule has 14 heavy (non-hydrogen) atoms. The van der Waals surface area contributed by atoms with Crippen molar-refractivity contribution in [2.24, 2.45) is 0 Å². The van der Waals surface area contributed by atoms with E-state index in [2.05, 4.69) is 8.27 Å². The monoisotopic (exact) mass is 326 g/mol. The van der Waals surface area contributed by atoms with Crippen LogP contribution < -0.4 is 0 Å². The summed E-state index contributed by atoms with van der Waals surface area (Å²) in [6.07, 6.45) is 0. The predicted octanol–water partition coefficient (Wildman–Crippen LogP) is 1.23. The molecule has 74 valence electrons. The van der Waals surface area contributed by atoms with E-state index in [1.807, 2.05) is 12.1 Å². The fourth-order valence-corrected chi connectivity index (χ4v) is 4.47. The molecule has 2 aromatic rings. The van der Waals surface area contributed by atoms with E-state index in [1.54, 1.807) is 12.1 Å². The van der Waals surface area contributed by atoms with Gasteiger partial charge in [-0.25, -0.2) is 0 Å². The molecule has 1 aromatic carbocycles. The van der Waals surface area contributed by atoms with Crippen molar-refractivity contribution < 1.29 is 12.6 Å². The topological polar surface area (TPSA) is 43.4 Å². The third-order valence-corrected chi connectivity index (χ3v) is 5.72. The van der Waals surface area contributed by atoms with Crippen LogP contribution in [0.4, 0.5) is 0 Å². The molecule has 0 saturated heterocycles. The fourth-order valence-electron chi connectivity index (χ4n) is 1.19. The fraction of sp³-hybridized carbons (Fsp3) is 0.111. The molecule has 0 bridgehead atoms. The first-order valence-electron chi connectivity index (χ1n) is 3.91. The minimum atomic E-state index is -3.53. The Morgan fingerprint density at radius 1 is 1.29 bits per heavy atom. The average molecular weight is 324 g/mol. The van der Waals surface area contributed by atoms with Crippen LogP contribution in [0.15, 0.2) is 33.2 Å². The summed E-state index contributed by atoms with van der Waals surface area (Å²) in [5, 5.41) is 1.14. The molecule has 0 N–H and O–H groups in total. The first-order valence-corrected chi connectivity index (χ1v) is 7.83. The normalized spacial score (nSPS) is 12.1. The molecule has 0 aliphatic heterocycles. The molecule has 0 saturated carbocycles. The Labute approximate surface area is 92.1 Å². The van der Waals surface area contributed by atoms with Crippen LogP contribution >= 0.6 is 0 Å². The Hall–Kier alpha value is -0.340. The summed E-state index contributed by atoms with van der Waals surface area (Å²) in [4.78, 5) is 0.257. The van der Waals surface area contributed by atoms with Gasteiger partial charge in [0.15, 0.2) is 0 Å². The van der Waals surface area contributed by atoms with Gasteiger partial charge in [0.25, 0.3) is 0 Å². The van der Waals surface area contributed by atoms with Crippen LogP contribution in [0.5, 0.6) is 0 Å². The van der Waals surface area contributed by atoms with Gasteiger partial charge in [0.1, 0.15) is 0 Å². The van der Waals surface area contributed by atoms with Gasteiger partial charge in [0.05, 0.1) is 0 Å². The molecular weight excluding hydrogens is 316 g/mol. The van der Waals surface area contributed by atoms with Gasteiger partial charge in [-0.3, -0.25) is 0 Å². The predicted molar refractivity (Wildman–Crippen MR) is 55.1 cm³/mol. The first kappa shape index (κ1) is 10.2. The van der Waals surface area contributed by atoms with Crippen molar-refractivity contribution in [2.75, 3.05) is 7.11 Å². The molecule has 0 spiro atoms. The van der Waals surface area contributed by atoms with E-state index in [9.17, 15) is 8.42 Å². The molecule has 0 amide bonds. The Bertz CT molecular complexity index is 556. The second-order valence-electron chi connectivity index (χ2n) is 2.74. The van der Waals surface area contributed by atoms with Gasteiger partial charge < -0.3 is 0 Å². The second-order valence-corrected chi connectivity index (χ2v) is 7.16. The molecule has 0 unspecified atom stereocenters. The third-order valence-electron chi connectivity index (χ3n) is 1.94. The van der Waals surface area contributed by atoms with Gasteiger partial charge in [-0.1, -0.05) is 0 Å². The summed E-state index contributed by atoms with van der Waals surface area (Å²) >= 11 is -0.320. The molecule has 0 aliphatic rings. The van der Waals surface area contributed by atoms with Gasteiger partial charge in [-0.2, -0.15) is 0 Å². The minimum absolute atomic E-state index is 0.257. The van der Waals surface area contributed by atoms with Crippen LogP contribution in [0.1, 0.15) is 0 Å². The summed E-state index contributed by atoms with van der Waals surface area (Å²) < 4.78 is 30.5. The molecule has 1 aromatic heterocycles. The van der Waals surface area contributed by atoms with Crippen molar-refractivity contribution >= 4 is 39.3 Å². The number of rotatable bonds is 2. The van der Waals surface area contributed by atoms with Crippen LogP contribution in [-0.2, 0) is 14.3 Å². The zero-order chi connectivity index (χ0) is 10.2. The molecule has 0 fully saturated rings. The van der Waals surface area contributed by atoms with Gasteiger partial charge >= 0.3 is 92.3 Å². The van der Waals surface area contributed by atoms with Crippen LogP contribution in [0, 0.1) is 0 Å². The Balaban J connectivity index is 2.65. The van der Waals surface area contributed by atoms with E-state index < -0.39 is 10.1 Å². The Kier molecular flexibility index (Phi) is 2.67. The number of fused-ring (bicyclic) bond motifs is 1. The summed E-state index contributed by atoms with van der Waals surface area (Å²) in [6, 6.07) is 7.17. The molecule has 0 radical (unpaired) electrons. The number of benzene rings is 1. The summed E-state index contributed by atoms with van der Waals surface area (Å²) in [7, 11) is -2.35. The summed E-state index contributed by atoms with van der Waals surface area (Å²) in [5.74, 6) is 0. The standard InChI is InChI=1S/C9H8O3STe/c1-12-13(10,11)8-3-2-7-4-5-14-9(7)6-8/h2-6H,1H3. The van der Waals surface area contributed by atoms with Gasteiger partial charge in [-0.15, -0.1) is 0 Å². The number of hydrogen-bond donors (Lipinski definition) is 0. The van der Waals surface area contributed by atoms with Crippen molar-refractivity contribution in [3.63, 3.8) is 0 Å². The van der Waals surface area contributed by atoms with E-state index in [0.717, 1.165) is 8.79 Å². The molecule has 3 nitrogen and oxygen atoms in total. The quantitative estimate of drug-likeness (QED) is 0.617. The van der Waals surface area contributed by atoms with Crippen molar-refractivity contribution in [1.29, 1.82) is 0 Å². The van der Waals surface area contributed by atoms with E-state index in [4.69, 9.17) is 0 Å². The summed E-state index contributed by atoms with van der Waals surface area (Å²) in [5.41, 5.74) is 0. The summed E-state index contributed by atoms with van der Waals surface area (Å²) in [6.45, 7) is 0. The third kappa shape index (κ3) is 1.73. The van der Waals surface area contributed by atoms with E-state index in [1.165, 1.54) is 7.11 Å². The van der Waals surface area contributed by atoms with E-state index in [0.29, 0.717) is 0 Å². The van der Waals surface area contributed by atoms with E-state index in [-0.39, 0.29) is 25.3 Å². The molecule has 0 atom stereocenters. The van der Waals surface area contributed by atoms with Crippen molar-refractivity contribution in [2.45, 2.75) is 4.90 Å². The SMILES string of the molecule is COS(=O)(=O)c1ccc2cc[te]c2c1. The number of hydrogen-bond acceptors (Lipinski definition) is 3. The first-order chi connectivity index (χ1) is 6.63. The van der Waals surface area contributed by atoms with Crippen LogP contribution in [0.25, 0.3) is 8.79 Å². The zero-order valence-corrected chi connectivity index (χ0v) is 10.6. The zero-order valence-electron chi connectivity index (χ0n) is 7.43. The van der Waals surface area contributed by atoms with Crippen molar-refractivity contribution in [3.05, 3.63) is 28.3 Å². The van der Waals surface area contributed by atoms with Gasteiger partial charge in [0, 0.05) is 0 Å². The Morgan fingerprint density at radius 3 is 2.79 bits per heavy atom.